The molecule has 0 saturated carbocycles. The van der Waals surface area contributed by atoms with Crippen molar-refractivity contribution in [3.8, 4) is 23.3 Å². The highest BCUT2D eigenvalue weighted by atomic mass is 35.5. The molecule has 0 heterocycles. The van der Waals surface area contributed by atoms with E-state index in [1.54, 1.807) is 54.6 Å². The fourth-order valence-electron chi connectivity index (χ4n) is 3.14. The molecule has 3 rings (SSSR count). The molecule has 0 saturated heterocycles. The molecule has 8 heteroatoms. The number of halogens is 2. The maximum atomic E-state index is 12.7. The third-order valence-electron chi connectivity index (χ3n) is 4.72. The van der Waals surface area contributed by atoms with E-state index in [9.17, 15) is 10.1 Å². The lowest BCUT2D eigenvalue weighted by atomic mass is 10.1. The van der Waals surface area contributed by atoms with Gasteiger partial charge in [-0.15, -0.1) is 0 Å². The lowest BCUT2D eigenvalue weighted by Gasteiger charge is -2.13. The van der Waals surface area contributed by atoms with E-state index in [1.165, 1.54) is 6.08 Å². The average molecular weight is 511 g/mol. The van der Waals surface area contributed by atoms with Crippen LogP contribution in [0.3, 0.4) is 0 Å². The number of ether oxygens (including phenoxy) is 3. The van der Waals surface area contributed by atoms with E-state index in [-0.39, 0.29) is 12.2 Å². The number of nitrogens with zero attached hydrogens (tertiary/aromatic N) is 1. The van der Waals surface area contributed by atoms with E-state index in [4.69, 9.17) is 37.4 Å². The number of hydrogen-bond donors (Lipinski definition) is 1. The van der Waals surface area contributed by atoms with Crippen LogP contribution in [0.4, 0.5) is 5.69 Å². The second kappa shape index (κ2) is 12.7. The molecule has 0 unspecified atom stereocenters. The number of nitriles is 1. The highest BCUT2D eigenvalue weighted by Crippen LogP contribution is 2.31. The molecule has 0 aliphatic carbocycles. The number of hydrogen-bond acceptors (Lipinski definition) is 5. The Morgan fingerprint density at radius 1 is 0.943 bits per heavy atom. The number of anilines is 1. The van der Waals surface area contributed by atoms with Gasteiger partial charge in [0.1, 0.15) is 24.0 Å². The fraction of sp³-hybridized carbons (Fsp3) is 0.185. The van der Waals surface area contributed by atoms with Crippen LogP contribution in [0.15, 0.2) is 66.2 Å². The largest absolute Gasteiger partial charge is 0.494 e. The third kappa shape index (κ3) is 7.41. The molecule has 0 aliphatic heterocycles. The topological polar surface area (TPSA) is 80.6 Å². The number of rotatable bonds is 10. The van der Waals surface area contributed by atoms with Crippen LogP contribution < -0.4 is 19.5 Å². The van der Waals surface area contributed by atoms with Gasteiger partial charge in [0.05, 0.1) is 23.3 Å². The number of carbonyl (C=O) groups is 1. The van der Waals surface area contributed by atoms with Gasteiger partial charge in [-0.05, 0) is 67.4 Å². The van der Waals surface area contributed by atoms with Gasteiger partial charge in [0.2, 0.25) is 0 Å². The van der Waals surface area contributed by atoms with Crippen LogP contribution in [-0.4, -0.2) is 19.1 Å². The third-order valence-corrected chi connectivity index (χ3v) is 5.46. The normalized spacial score (nSPS) is 10.9. The molecule has 3 aromatic carbocycles. The summed E-state index contributed by atoms with van der Waals surface area (Å²) in [6.07, 6.45) is 1.49. The molecule has 0 fully saturated rings. The molecule has 6 nitrogen and oxygen atoms in total. The summed E-state index contributed by atoms with van der Waals surface area (Å²) in [7, 11) is 0. The second-order valence-corrected chi connectivity index (χ2v) is 8.08. The number of nitrogens with one attached hydrogen (secondary N) is 1. The summed E-state index contributed by atoms with van der Waals surface area (Å²) in [5.74, 6) is 1.11. The Morgan fingerprint density at radius 2 is 1.74 bits per heavy atom. The van der Waals surface area contributed by atoms with Crippen molar-refractivity contribution in [3.63, 3.8) is 0 Å². The van der Waals surface area contributed by atoms with Crippen LogP contribution in [0, 0.1) is 11.3 Å². The molecule has 0 radical (unpaired) electrons. The number of carbonyl (C=O) groups excluding carboxylic acids is 1. The van der Waals surface area contributed by atoms with Gasteiger partial charge in [0, 0.05) is 11.8 Å². The van der Waals surface area contributed by atoms with Crippen molar-refractivity contribution < 1.29 is 19.0 Å². The summed E-state index contributed by atoms with van der Waals surface area (Å²) >= 11 is 12.0. The maximum absolute atomic E-state index is 12.7. The standard InChI is InChI=1S/C27H24Cl2N2O4/c1-3-33-22-7-5-6-21(15-22)31-27(32)20(16-30)12-18-9-11-25(26(14-18)34-4-2)35-17-19-8-10-23(28)24(29)13-19/h5-15H,3-4,17H2,1-2H3,(H,31,32)/b20-12-. The van der Waals surface area contributed by atoms with E-state index in [0.29, 0.717) is 51.8 Å². The van der Waals surface area contributed by atoms with Crippen LogP contribution in [0.1, 0.15) is 25.0 Å². The molecule has 0 atom stereocenters. The van der Waals surface area contributed by atoms with E-state index in [2.05, 4.69) is 5.32 Å². The first-order valence-corrected chi connectivity index (χ1v) is 11.7. The Balaban J connectivity index is 1.77. The quantitative estimate of drug-likeness (QED) is 0.236. The predicted molar refractivity (Wildman–Crippen MR) is 138 cm³/mol. The summed E-state index contributed by atoms with van der Waals surface area (Å²) in [4.78, 5) is 12.7. The summed E-state index contributed by atoms with van der Waals surface area (Å²) in [6, 6.07) is 19.4. The summed E-state index contributed by atoms with van der Waals surface area (Å²) in [5.41, 5.74) is 1.94. The summed E-state index contributed by atoms with van der Waals surface area (Å²) in [5, 5.41) is 13.2. The predicted octanol–water partition coefficient (Wildman–Crippen LogP) is 6.92. The zero-order valence-corrected chi connectivity index (χ0v) is 20.8. The summed E-state index contributed by atoms with van der Waals surface area (Å²) < 4.78 is 17.1. The second-order valence-electron chi connectivity index (χ2n) is 7.26. The van der Waals surface area contributed by atoms with E-state index in [1.807, 2.05) is 26.0 Å². The molecule has 0 aliphatic rings. The molecule has 1 N–H and O–H groups in total. The van der Waals surface area contributed by atoms with Gasteiger partial charge < -0.3 is 19.5 Å². The van der Waals surface area contributed by atoms with Crippen LogP contribution in [0.25, 0.3) is 6.08 Å². The Bertz CT molecular complexity index is 1270. The Labute approximate surface area is 214 Å². The Kier molecular flexibility index (Phi) is 9.42. The highest BCUT2D eigenvalue weighted by molar-refractivity contribution is 6.42. The molecule has 0 bridgehead atoms. The van der Waals surface area contributed by atoms with Gasteiger partial charge in [-0.1, -0.05) is 41.4 Å². The molecular formula is C27H24Cl2N2O4. The monoisotopic (exact) mass is 510 g/mol. The first-order chi connectivity index (χ1) is 16.9. The average Bonchev–Trinajstić information content (AvgIpc) is 2.84. The minimum atomic E-state index is -0.529. The van der Waals surface area contributed by atoms with Crippen molar-refractivity contribution in [1.82, 2.24) is 0 Å². The lowest BCUT2D eigenvalue weighted by Crippen LogP contribution is -2.13. The molecule has 1 amide bonds. The van der Waals surface area contributed by atoms with E-state index >= 15 is 0 Å². The van der Waals surface area contributed by atoms with Crippen LogP contribution in [0.2, 0.25) is 10.0 Å². The zero-order valence-electron chi connectivity index (χ0n) is 19.3. The van der Waals surface area contributed by atoms with Crippen molar-refractivity contribution >= 4 is 40.9 Å². The molecule has 180 valence electrons. The fourth-order valence-corrected chi connectivity index (χ4v) is 3.46. The van der Waals surface area contributed by atoms with E-state index in [0.717, 1.165) is 5.56 Å². The van der Waals surface area contributed by atoms with Crippen LogP contribution in [-0.2, 0) is 11.4 Å². The van der Waals surface area contributed by atoms with Crippen LogP contribution in [0.5, 0.6) is 17.2 Å². The van der Waals surface area contributed by atoms with Crippen molar-refractivity contribution in [2.75, 3.05) is 18.5 Å². The first kappa shape index (κ1) is 26.0. The molecule has 3 aromatic rings. The van der Waals surface area contributed by atoms with Gasteiger partial charge in [-0.2, -0.15) is 5.26 Å². The minimum Gasteiger partial charge on any atom is -0.494 e. The molecule has 0 aromatic heterocycles. The molecule has 35 heavy (non-hydrogen) atoms. The van der Waals surface area contributed by atoms with Crippen molar-refractivity contribution in [2.45, 2.75) is 20.5 Å². The first-order valence-electron chi connectivity index (χ1n) is 10.9. The Morgan fingerprint density at radius 3 is 2.46 bits per heavy atom. The van der Waals surface area contributed by atoms with Gasteiger partial charge >= 0.3 is 0 Å². The van der Waals surface area contributed by atoms with E-state index < -0.39 is 5.91 Å². The van der Waals surface area contributed by atoms with Crippen molar-refractivity contribution in [3.05, 3.63) is 87.4 Å². The zero-order chi connectivity index (χ0) is 25.2. The van der Waals surface area contributed by atoms with Gasteiger partial charge in [-0.25, -0.2) is 0 Å². The maximum Gasteiger partial charge on any atom is 0.266 e. The van der Waals surface area contributed by atoms with Crippen molar-refractivity contribution in [1.29, 1.82) is 5.26 Å². The SMILES string of the molecule is CCOc1cccc(NC(=O)/C(C#N)=C\c2ccc(OCc3ccc(Cl)c(Cl)c3)c(OCC)c2)c1. The smallest absolute Gasteiger partial charge is 0.266 e. The van der Waals surface area contributed by atoms with Gasteiger partial charge in [0.25, 0.3) is 5.91 Å². The van der Waals surface area contributed by atoms with Crippen LogP contribution >= 0.6 is 23.2 Å². The van der Waals surface area contributed by atoms with Gasteiger partial charge in [0.15, 0.2) is 11.5 Å². The minimum absolute atomic E-state index is 0.0567. The van der Waals surface area contributed by atoms with Gasteiger partial charge in [-0.3, -0.25) is 4.79 Å². The molecular weight excluding hydrogens is 487 g/mol. The lowest BCUT2D eigenvalue weighted by molar-refractivity contribution is -0.112. The Hall–Kier alpha value is -3.66. The summed E-state index contributed by atoms with van der Waals surface area (Å²) in [6.45, 7) is 4.92. The highest BCUT2D eigenvalue weighted by Gasteiger charge is 2.12. The molecule has 0 spiro atoms. The number of amides is 1. The van der Waals surface area contributed by atoms with Crippen molar-refractivity contribution in [2.24, 2.45) is 0 Å². The number of benzene rings is 3.